The molecule has 3 aliphatic heterocycles. The van der Waals surface area contributed by atoms with Gasteiger partial charge in [0, 0.05) is 42.7 Å². The van der Waals surface area contributed by atoms with Gasteiger partial charge in [0.2, 0.25) is 5.91 Å². The Morgan fingerprint density at radius 1 is 0.804 bits per heavy atom. The van der Waals surface area contributed by atoms with Gasteiger partial charge < -0.3 is 24.5 Å². The van der Waals surface area contributed by atoms with E-state index in [0.717, 1.165) is 102 Å². The number of hydrogen-bond donors (Lipinski definition) is 2. The molecule has 10 nitrogen and oxygen atoms in total. The van der Waals surface area contributed by atoms with Crippen LogP contribution in [0.3, 0.4) is 0 Å². The van der Waals surface area contributed by atoms with Crippen molar-refractivity contribution in [3.8, 4) is 11.8 Å². The quantitative estimate of drug-likeness (QED) is 0.270. The molecule has 0 aliphatic carbocycles. The number of aromatic nitrogens is 5. The molecule has 10 heteroatoms. The van der Waals surface area contributed by atoms with E-state index in [-0.39, 0.29) is 36.4 Å². The maximum absolute atomic E-state index is 13.1. The summed E-state index contributed by atoms with van der Waals surface area (Å²) < 4.78 is 5.67. The van der Waals surface area contributed by atoms with Gasteiger partial charge in [0.15, 0.2) is 0 Å². The van der Waals surface area contributed by atoms with Crippen molar-refractivity contribution in [3.05, 3.63) is 89.3 Å². The number of hydrogen-bond acceptors (Lipinski definition) is 6. The van der Waals surface area contributed by atoms with Crippen LogP contribution in [0.25, 0.3) is 22.1 Å². The number of benzene rings is 2. The van der Waals surface area contributed by atoms with Crippen LogP contribution in [0.2, 0.25) is 0 Å². The highest BCUT2D eigenvalue weighted by molar-refractivity contribution is 5.83. The first-order valence-corrected chi connectivity index (χ1v) is 16.2. The molecule has 2 aromatic carbocycles. The highest BCUT2D eigenvalue weighted by atomic mass is 16.5. The van der Waals surface area contributed by atoms with Crippen LogP contribution in [0.1, 0.15) is 79.1 Å². The van der Waals surface area contributed by atoms with E-state index in [9.17, 15) is 9.59 Å². The number of rotatable bonds is 5. The molecule has 3 atom stereocenters. The molecular formula is C36H35N7O3. The Balaban J connectivity index is 0.982. The zero-order valence-corrected chi connectivity index (χ0v) is 25.5. The van der Waals surface area contributed by atoms with Crippen LogP contribution < -0.4 is 0 Å². The van der Waals surface area contributed by atoms with Gasteiger partial charge in [-0.15, -0.1) is 0 Å². The van der Waals surface area contributed by atoms with Gasteiger partial charge in [0.1, 0.15) is 17.8 Å². The van der Waals surface area contributed by atoms with E-state index in [0.29, 0.717) is 6.61 Å². The average Bonchev–Trinajstić information content (AvgIpc) is 3.92. The van der Waals surface area contributed by atoms with E-state index < -0.39 is 0 Å². The summed E-state index contributed by atoms with van der Waals surface area (Å²) in [6.07, 6.45) is 7.10. The van der Waals surface area contributed by atoms with Gasteiger partial charge in [-0.2, -0.15) is 0 Å². The van der Waals surface area contributed by atoms with E-state index in [1.165, 1.54) is 0 Å². The van der Waals surface area contributed by atoms with Crippen LogP contribution in [0.15, 0.2) is 60.8 Å². The van der Waals surface area contributed by atoms with Gasteiger partial charge in [0.05, 0.1) is 40.6 Å². The Morgan fingerprint density at radius 2 is 1.54 bits per heavy atom. The number of H-pyrrole nitrogens is 2. The first-order chi connectivity index (χ1) is 22.6. The van der Waals surface area contributed by atoms with Crippen LogP contribution in [0.5, 0.6) is 0 Å². The van der Waals surface area contributed by atoms with Crippen LogP contribution in [0.4, 0.5) is 0 Å². The zero-order valence-electron chi connectivity index (χ0n) is 25.5. The fourth-order valence-electron chi connectivity index (χ4n) is 7.05. The van der Waals surface area contributed by atoms with Crippen LogP contribution >= 0.6 is 0 Å². The Labute approximate surface area is 266 Å². The lowest BCUT2D eigenvalue weighted by molar-refractivity contribution is -0.142. The molecule has 6 heterocycles. The molecule has 2 N–H and O–H groups in total. The van der Waals surface area contributed by atoms with Gasteiger partial charge in [-0.3, -0.25) is 14.6 Å². The summed E-state index contributed by atoms with van der Waals surface area (Å²) in [6.45, 7) is 2.12. The molecule has 0 unspecified atom stereocenters. The minimum absolute atomic E-state index is 0.0556. The molecule has 232 valence electrons. The van der Waals surface area contributed by atoms with Crippen molar-refractivity contribution in [2.24, 2.45) is 0 Å². The normalized spacial score (nSPS) is 21.3. The molecule has 2 amide bonds. The predicted octanol–water partition coefficient (Wildman–Crippen LogP) is 4.98. The van der Waals surface area contributed by atoms with Crippen molar-refractivity contribution in [1.29, 1.82) is 0 Å². The molecule has 3 aliphatic rings. The number of nitrogens with one attached hydrogen (secondary N) is 2. The third-order valence-electron chi connectivity index (χ3n) is 9.36. The van der Waals surface area contributed by atoms with Gasteiger partial charge in [-0.25, -0.2) is 9.97 Å². The monoisotopic (exact) mass is 613 g/mol. The summed E-state index contributed by atoms with van der Waals surface area (Å²) in [4.78, 5) is 51.1. The predicted molar refractivity (Wildman–Crippen MR) is 172 cm³/mol. The Bertz CT molecular complexity index is 1980. The van der Waals surface area contributed by atoms with Crippen LogP contribution in [-0.2, 0) is 20.7 Å². The van der Waals surface area contributed by atoms with Crippen LogP contribution in [0, 0.1) is 11.8 Å². The van der Waals surface area contributed by atoms with Crippen molar-refractivity contribution in [2.45, 2.75) is 63.1 Å². The number of likely N-dealkylation sites (tertiary alicyclic amines) is 2. The fourth-order valence-corrected chi connectivity index (χ4v) is 7.05. The molecule has 8 rings (SSSR count). The van der Waals surface area contributed by atoms with Gasteiger partial charge in [0.25, 0.3) is 5.91 Å². The minimum atomic E-state index is -0.316. The second-order valence-corrected chi connectivity index (χ2v) is 12.4. The van der Waals surface area contributed by atoms with E-state index >= 15 is 0 Å². The average molecular weight is 614 g/mol. The Hall–Kier alpha value is -5.01. The molecule has 46 heavy (non-hydrogen) atoms. The number of aromatic amines is 2. The number of fused-ring (bicyclic) bond motifs is 2. The van der Waals surface area contributed by atoms with E-state index in [1.807, 2.05) is 64.4 Å². The first kappa shape index (κ1) is 28.5. The van der Waals surface area contributed by atoms with Crippen LogP contribution in [-0.4, -0.2) is 72.3 Å². The third-order valence-corrected chi connectivity index (χ3v) is 9.36. The second-order valence-electron chi connectivity index (χ2n) is 12.4. The molecule has 3 saturated heterocycles. The summed E-state index contributed by atoms with van der Waals surface area (Å²) >= 11 is 0. The minimum Gasteiger partial charge on any atom is -0.368 e. The number of carbonyl (C=O) groups is 2. The number of nitrogens with zero attached hydrogens (tertiary/aromatic N) is 5. The smallest absolute Gasteiger partial charge is 0.252 e. The number of imidazole rings is 2. The molecule has 0 spiro atoms. The van der Waals surface area contributed by atoms with Crippen molar-refractivity contribution < 1.29 is 14.3 Å². The molecule has 0 saturated carbocycles. The Morgan fingerprint density at radius 3 is 2.33 bits per heavy atom. The lowest BCUT2D eigenvalue weighted by atomic mass is 10.1. The number of ether oxygens (including phenoxy) is 1. The van der Waals surface area contributed by atoms with E-state index in [1.54, 1.807) is 6.20 Å². The topological polar surface area (TPSA) is 120 Å². The lowest BCUT2D eigenvalue weighted by Crippen LogP contribution is -2.38. The maximum atomic E-state index is 13.1. The highest BCUT2D eigenvalue weighted by Gasteiger charge is 2.37. The Kier molecular flexibility index (Phi) is 7.46. The maximum Gasteiger partial charge on any atom is 0.252 e. The van der Waals surface area contributed by atoms with Crippen molar-refractivity contribution >= 4 is 33.9 Å². The standard InChI is InChI=1S/C36H35N7O3/c44-33(22-25-6-1-2-16-37-25)42-17-3-7-30(42)34-38-26-14-12-23(20-28(26)40-34)10-11-24-13-15-27-29(21-24)41-35(39-27)31-8-4-18-43(31)36(45)32-9-5-19-46-32/h1-2,6,12-16,20-21,30-32H,3-5,7-9,17-19,22H2,(H,38,40)(H,39,41)/t30-,31-,32+/m0/s1. The van der Waals surface area contributed by atoms with Gasteiger partial charge >= 0.3 is 0 Å². The molecule has 0 radical (unpaired) electrons. The SMILES string of the molecule is O=C(Cc1ccccn1)N1CCC[C@H]1c1nc2ccc(C#Cc3ccc4[nH]c([C@@H]5CCCN5C(=O)[C@H]5CCCO5)nc4c3)cc2[nH]1. The van der Waals surface area contributed by atoms with E-state index in [2.05, 4.69) is 26.8 Å². The number of carbonyl (C=O) groups excluding carboxylic acids is 2. The van der Waals surface area contributed by atoms with Crippen molar-refractivity contribution in [1.82, 2.24) is 34.7 Å². The fraction of sp³-hybridized carbons (Fsp3) is 0.361. The molecular weight excluding hydrogens is 578 g/mol. The van der Waals surface area contributed by atoms with E-state index in [4.69, 9.17) is 14.7 Å². The summed E-state index contributed by atoms with van der Waals surface area (Å²) in [5, 5.41) is 0. The largest absolute Gasteiger partial charge is 0.368 e. The number of amides is 2. The third kappa shape index (κ3) is 5.52. The highest BCUT2D eigenvalue weighted by Crippen LogP contribution is 2.34. The van der Waals surface area contributed by atoms with Crippen molar-refractivity contribution in [3.63, 3.8) is 0 Å². The summed E-state index contributed by atoms with van der Waals surface area (Å²) in [6, 6.07) is 17.5. The summed E-state index contributed by atoms with van der Waals surface area (Å²) in [7, 11) is 0. The number of pyridine rings is 1. The molecule has 0 bridgehead atoms. The summed E-state index contributed by atoms with van der Waals surface area (Å²) in [5.74, 6) is 8.37. The summed E-state index contributed by atoms with van der Waals surface area (Å²) in [5.41, 5.74) is 6.04. The second kappa shape index (κ2) is 12.1. The molecule has 5 aromatic rings. The van der Waals surface area contributed by atoms with Crippen molar-refractivity contribution in [2.75, 3.05) is 19.7 Å². The zero-order chi connectivity index (χ0) is 31.0. The van der Waals surface area contributed by atoms with Gasteiger partial charge in [-0.05, 0) is 87.1 Å². The van der Waals surface area contributed by atoms with Gasteiger partial charge in [-0.1, -0.05) is 17.9 Å². The molecule has 3 aromatic heterocycles. The molecule has 3 fully saturated rings. The lowest BCUT2D eigenvalue weighted by Gasteiger charge is -2.25. The first-order valence-electron chi connectivity index (χ1n) is 16.2.